The Hall–Kier alpha value is -0.650. The third-order valence-electron chi connectivity index (χ3n) is 4.13. The van der Waals surface area contributed by atoms with Gasteiger partial charge in [-0.1, -0.05) is 0 Å². The number of hydrogen-bond acceptors (Lipinski definition) is 4. The highest BCUT2D eigenvalue weighted by Gasteiger charge is 2.33. The van der Waals surface area contributed by atoms with Crippen LogP contribution in [0.25, 0.3) is 0 Å². The van der Waals surface area contributed by atoms with E-state index in [0.29, 0.717) is 18.6 Å². The van der Waals surface area contributed by atoms with Crippen molar-refractivity contribution in [2.24, 2.45) is 0 Å². The molecule has 0 radical (unpaired) electrons. The number of nitrogens with zero attached hydrogens (tertiary/aromatic N) is 3. The highest BCUT2D eigenvalue weighted by Crippen LogP contribution is 2.15. The van der Waals surface area contributed by atoms with Gasteiger partial charge in [0.05, 0.1) is 6.54 Å². The first-order chi connectivity index (χ1) is 8.58. The topological polar surface area (TPSA) is 38.8 Å². The van der Waals surface area contributed by atoms with Crippen molar-refractivity contribution in [3.05, 3.63) is 0 Å². The molecule has 0 aromatic heterocycles. The van der Waals surface area contributed by atoms with E-state index in [4.69, 9.17) is 0 Å². The van der Waals surface area contributed by atoms with Crippen LogP contribution in [-0.4, -0.2) is 85.6 Å². The summed E-state index contributed by atoms with van der Waals surface area (Å²) in [5.41, 5.74) is 0. The molecule has 0 unspecified atom stereocenters. The zero-order chi connectivity index (χ0) is 13.1. The van der Waals surface area contributed by atoms with Gasteiger partial charge in [0.15, 0.2) is 0 Å². The Balaban J connectivity index is 1.68. The fourth-order valence-electron chi connectivity index (χ4n) is 2.54. The third kappa shape index (κ3) is 3.22. The molecule has 2 aliphatic heterocycles. The van der Waals surface area contributed by atoms with Crippen molar-refractivity contribution in [2.75, 3.05) is 52.9 Å². The Labute approximate surface area is 110 Å². The van der Waals surface area contributed by atoms with Gasteiger partial charge in [0.2, 0.25) is 5.91 Å². The standard InChI is InChI=1S/C13H26N4O/c1-11(2)15(3)13(18)10-16-8-12(9-16)17-6-4-14-5-7-17/h11-12,14H,4-10H2,1-3H3. The fourth-order valence-corrected chi connectivity index (χ4v) is 2.54. The van der Waals surface area contributed by atoms with Gasteiger partial charge in [-0.05, 0) is 13.8 Å². The van der Waals surface area contributed by atoms with E-state index in [-0.39, 0.29) is 5.91 Å². The molecule has 1 amide bonds. The van der Waals surface area contributed by atoms with Gasteiger partial charge in [-0.2, -0.15) is 0 Å². The van der Waals surface area contributed by atoms with Crippen LogP contribution in [-0.2, 0) is 4.79 Å². The van der Waals surface area contributed by atoms with Gasteiger partial charge < -0.3 is 10.2 Å². The van der Waals surface area contributed by atoms with Crippen molar-refractivity contribution >= 4 is 5.91 Å². The van der Waals surface area contributed by atoms with Crippen LogP contribution in [0.1, 0.15) is 13.8 Å². The molecule has 5 nitrogen and oxygen atoms in total. The SMILES string of the molecule is CC(C)N(C)C(=O)CN1CC(N2CCNCC2)C1. The second kappa shape index (κ2) is 5.99. The van der Waals surface area contributed by atoms with Crippen LogP contribution >= 0.6 is 0 Å². The largest absolute Gasteiger partial charge is 0.342 e. The van der Waals surface area contributed by atoms with Crippen molar-refractivity contribution in [1.82, 2.24) is 20.0 Å². The molecule has 0 aliphatic carbocycles. The highest BCUT2D eigenvalue weighted by atomic mass is 16.2. The molecular formula is C13H26N4O. The predicted octanol–water partition coefficient (Wildman–Crippen LogP) is -0.557. The molecule has 0 aromatic rings. The van der Waals surface area contributed by atoms with Crippen molar-refractivity contribution in [2.45, 2.75) is 25.9 Å². The molecular weight excluding hydrogens is 228 g/mol. The predicted molar refractivity (Wildman–Crippen MR) is 72.6 cm³/mol. The van der Waals surface area contributed by atoms with Crippen LogP contribution < -0.4 is 5.32 Å². The molecule has 2 heterocycles. The summed E-state index contributed by atoms with van der Waals surface area (Å²) in [6.07, 6.45) is 0. The van der Waals surface area contributed by atoms with Gasteiger partial charge in [-0.15, -0.1) is 0 Å². The van der Waals surface area contributed by atoms with E-state index in [2.05, 4.69) is 29.0 Å². The lowest BCUT2D eigenvalue weighted by Gasteiger charge is -2.46. The molecule has 0 aromatic carbocycles. The van der Waals surface area contributed by atoms with Gasteiger partial charge in [-0.3, -0.25) is 14.6 Å². The summed E-state index contributed by atoms with van der Waals surface area (Å²) in [5.74, 6) is 0.240. The zero-order valence-electron chi connectivity index (χ0n) is 11.9. The Morgan fingerprint density at radius 3 is 2.50 bits per heavy atom. The van der Waals surface area contributed by atoms with Gasteiger partial charge in [0, 0.05) is 58.4 Å². The maximum atomic E-state index is 11.9. The van der Waals surface area contributed by atoms with Crippen LogP contribution in [0.4, 0.5) is 0 Å². The number of rotatable bonds is 4. The fraction of sp³-hybridized carbons (Fsp3) is 0.923. The molecule has 2 aliphatic rings. The lowest BCUT2D eigenvalue weighted by Crippen LogP contribution is -2.63. The maximum absolute atomic E-state index is 11.9. The van der Waals surface area contributed by atoms with E-state index in [1.807, 2.05) is 11.9 Å². The Bertz CT molecular complexity index is 283. The van der Waals surface area contributed by atoms with Gasteiger partial charge in [0.1, 0.15) is 0 Å². The van der Waals surface area contributed by atoms with E-state index < -0.39 is 0 Å². The lowest BCUT2D eigenvalue weighted by atomic mass is 10.1. The smallest absolute Gasteiger partial charge is 0.236 e. The Kier molecular flexibility index (Phi) is 4.59. The Morgan fingerprint density at radius 1 is 1.33 bits per heavy atom. The summed E-state index contributed by atoms with van der Waals surface area (Å²) >= 11 is 0. The lowest BCUT2D eigenvalue weighted by molar-refractivity contribution is -0.134. The normalized spacial score (nSPS) is 23.1. The minimum atomic E-state index is 0.240. The highest BCUT2D eigenvalue weighted by molar-refractivity contribution is 5.78. The van der Waals surface area contributed by atoms with Crippen molar-refractivity contribution in [3.8, 4) is 0 Å². The summed E-state index contributed by atoms with van der Waals surface area (Å²) in [6, 6.07) is 0.965. The molecule has 0 saturated carbocycles. The van der Waals surface area contributed by atoms with Crippen molar-refractivity contribution < 1.29 is 4.79 Å². The van der Waals surface area contributed by atoms with E-state index in [9.17, 15) is 4.79 Å². The number of carbonyl (C=O) groups is 1. The van der Waals surface area contributed by atoms with Gasteiger partial charge in [-0.25, -0.2) is 0 Å². The number of nitrogens with one attached hydrogen (secondary N) is 1. The third-order valence-corrected chi connectivity index (χ3v) is 4.13. The van der Waals surface area contributed by atoms with E-state index in [0.717, 1.165) is 39.3 Å². The van der Waals surface area contributed by atoms with Crippen LogP contribution in [0.5, 0.6) is 0 Å². The van der Waals surface area contributed by atoms with Crippen molar-refractivity contribution in [3.63, 3.8) is 0 Å². The summed E-state index contributed by atoms with van der Waals surface area (Å²) in [7, 11) is 1.89. The van der Waals surface area contributed by atoms with E-state index in [1.165, 1.54) is 0 Å². The number of carbonyl (C=O) groups excluding carboxylic acids is 1. The molecule has 0 bridgehead atoms. The number of piperazine rings is 1. The minimum absolute atomic E-state index is 0.240. The molecule has 2 rings (SSSR count). The van der Waals surface area contributed by atoms with Crippen LogP contribution in [0.3, 0.4) is 0 Å². The Morgan fingerprint density at radius 2 is 1.94 bits per heavy atom. The van der Waals surface area contributed by atoms with E-state index in [1.54, 1.807) is 0 Å². The van der Waals surface area contributed by atoms with Crippen molar-refractivity contribution in [1.29, 1.82) is 0 Å². The summed E-state index contributed by atoms with van der Waals surface area (Å²) in [4.78, 5) is 18.6. The van der Waals surface area contributed by atoms with Crippen LogP contribution in [0.15, 0.2) is 0 Å². The first-order valence-electron chi connectivity index (χ1n) is 7.00. The molecule has 0 spiro atoms. The maximum Gasteiger partial charge on any atom is 0.236 e. The monoisotopic (exact) mass is 254 g/mol. The van der Waals surface area contributed by atoms with Gasteiger partial charge in [0.25, 0.3) is 0 Å². The molecule has 18 heavy (non-hydrogen) atoms. The molecule has 2 saturated heterocycles. The summed E-state index contributed by atoms with van der Waals surface area (Å²) in [6.45, 7) is 11.3. The molecule has 5 heteroatoms. The van der Waals surface area contributed by atoms with E-state index >= 15 is 0 Å². The molecule has 2 fully saturated rings. The molecule has 0 atom stereocenters. The average molecular weight is 254 g/mol. The number of hydrogen-bond donors (Lipinski definition) is 1. The van der Waals surface area contributed by atoms with Gasteiger partial charge >= 0.3 is 0 Å². The molecule has 104 valence electrons. The molecule has 1 N–H and O–H groups in total. The van der Waals surface area contributed by atoms with Crippen LogP contribution in [0.2, 0.25) is 0 Å². The zero-order valence-corrected chi connectivity index (χ0v) is 11.9. The average Bonchev–Trinajstić information content (AvgIpc) is 2.32. The number of amides is 1. The summed E-state index contributed by atoms with van der Waals surface area (Å²) in [5, 5.41) is 3.37. The van der Waals surface area contributed by atoms with Crippen LogP contribution in [0, 0.1) is 0 Å². The number of likely N-dealkylation sites (tertiary alicyclic amines) is 1. The first-order valence-corrected chi connectivity index (χ1v) is 7.00. The quantitative estimate of drug-likeness (QED) is 0.730. The minimum Gasteiger partial charge on any atom is -0.342 e. The first kappa shape index (κ1) is 13.8. The second-order valence-corrected chi connectivity index (χ2v) is 5.73. The number of likely N-dealkylation sites (N-methyl/N-ethyl adjacent to an activating group) is 1. The summed E-state index contributed by atoms with van der Waals surface area (Å²) < 4.78 is 0. The second-order valence-electron chi connectivity index (χ2n) is 5.73.